The number of methoxy groups -OCH3 is 1. The number of piperidine rings is 1. The quantitative estimate of drug-likeness (QED) is 0.637. The molecule has 0 aromatic heterocycles. The Labute approximate surface area is 149 Å². The van der Waals surface area contributed by atoms with Crippen LogP contribution in [0, 0.1) is 0 Å². The third-order valence-corrected chi connectivity index (χ3v) is 3.49. The number of nitrogens with two attached hydrogens (primary N) is 2. The second-order valence-electron chi connectivity index (χ2n) is 5.04. The average Bonchev–Trinajstić information content (AvgIpc) is 2.54. The van der Waals surface area contributed by atoms with Crippen LogP contribution in [0.4, 0.5) is 0 Å². The summed E-state index contributed by atoms with van der Waals surface area (Å²) in [6.07, 6.45) is 3.56. The molecule has 1 aliphatic rings. The Morgan fingerprint density at radius 1 is 1.09 bits per heavy atom. The summed E-state index contributed by atoms with van der Waals surface area (Å²) < 4.78 is 5.11. The number of aliphatic imine (C=N–C) groups is 2. The molecule has 1 aliphatic heterocycles. The molecule has 130 valence electrons. The van der Waals surface area contributed by atoms with Crippen LogP contribution in [0.5, 0.6) is 5.75 Å². The predicted molar refractivity (Wildman–Crippen MR) is 99.9 cm³/mol. The van der Waals surface area contributed by atoms with E-state index in [1.165, 1.54) is 6.42 Å². The number of benzene rings is 1. The van der Waals surface area contributed by atoms with Gasteiger partial charge in [0, 0.05) is 13.1 Å². The first-order valence-corrected chi connectivity index (χ1v) is 7.21. The van der Waals surface area contributed by atoms with Crippen LogP contribution < -0.4 is 16.2 Å². The first kappa shape index (κ1) is 21.3. The van der Waals surface area contributed by atoms with Crippen molar-refractivity contribution in [1.82, 2.24) is 4.90 Å². The minimum absolute atomic E-state index is 0. The molecule has 0 bridgehead atoms. The summed E-state index contributed by atoms with van der Waals surface area (Å²) in [6, 6.07) is 7.69. The highest BCUT2D eigenvalue weighted by molar-refractivity contribution is 5.93. The van der Waals surface area contributed by atoms with Gasteiger partial charge in [-0.1, -0.05) is 12.1 Å². The maximum Gasteiger partial charge on any atom is 0.218 e. The van der Waals surface area contributed by atoms with Gasteiger partial charge in [-0.05, 0) is 37.0 Å². The first-order chi connectivity index (χ1) is 10.2. The van der Waals surface area contributed by atoms with E-state index in [0.717, 1.165) is 37.2 Å². The van der Waals surface area contributed by atoms with E-state index in [-0.39, 0.29) is 30.8 Å². The number of nitrogens with zero attached hydrogens (tertiary/aromatic N) is 3. The Bertz CT molecular complexity index is 513. The molecule has 0 spiro atoms. The maximum absolute atomic E-state index is 5.95. The van der Waals surface area contributed by atoms with E-state index in [9.17, 15) is 0 Å². The smallest absolute Gasteiger partial charge is 0.218 e. The van der Waals surface area contributed by atoms with Crippen LogP contribution in [-0.4, -0.2) is 37.0 Å². The van der Waals surface area contributed by atoms with Gasteiger partial charge in [0.05, 0.1) is 13.7 Å². The zero-order chi connectivity index (χ0) is 15.1. The highest BCUT2D eigenvalue weighted by Gasteiger charge is 2.12. The standard InChI is InChI=1S/C15H23N5O.2ClH/c1-21-13-7-5-12(6-8-13)11-18-14(16)19-15(17)20-9-3-2-4-10-20;;/h5-8H,2-4,9-11H2,1H3,(H4,16,17,18,19);2*1H. The van der Waals surface area contributed by atoms with Crippen molar-refractivity contribution < 1.29 is 4.74 Å². The molecular formula is C15H25Cl2N5O. The van der Waals surface area contributed by atoms with Crippen molar-refractivity contribution >= 4 is 36.7 Å². The fraction of sp³-hybridized carbons (Fsp3) is 0.467. The molecular weight excluding hydrogens is 337 g/mol. The van der Waals surface area contributed by atoms with Gasteiger partial charge in [0.2, 0.25) is 5.96 Å². The second-order valence-corrected chi connectivity index (χ2v) is 5.04. The third-order valence-electron chi connectivity index (χ3n) is 3.49. The lowest BCUT2D eigenvalue weighted by Gasteiger charge is -2.27. The zero-order valence-electron chi connectivity index (χ0n) is 13.3. The van der Waals surface area contributed by atoms with Crippen molar-refractivity contribution in [2.24, 2.45) is 21.5 Å². The predicted octanol–water partition coefficient (Wildman–Crippen LogP) is 2.15. The van der Waals surface area contributed by atoms with Crippen LogP contribution in [0.15, 0.2) is 34.3 Å². The molecule has 2 rings (SSSR count). The number of rotatable bonds is 3. The number of guanidine groups is 2. The molecule has 6 nitrogen and oxygen atoms in total. The molecule has 0 saturated carbocycles. The highest BCUT2D eigenvalue weighted by Crippen LogP contribution is 2.12. The molecule has 0 unspecified atom stereocenters. The van der Waals surface area contributed by atoms with Crippen LogP contribution in [0.1, 0.15) is 24.8 Å². The SMILES string of the molecule is COc1ccc(CN=C(N)/N=C(/N)N2CCCCC2)cc1.Cl.Cl. The Kier molecular flexibility index (Phi) is 10.2. The van der Waals surface area contributed by atoms with Crippen LogP contribution >= 0.6 is 24.8 Å². The molecule has 1 fully saturated rings. The van der Waals surface area contributed by atoms with Crippen molar-refractivity contribution in [3.8, 4) is 5.75 Å². The monoisotopic (exact) mass is 361 g/mol. The van der Waals surface area contributed by atoms with Crippen LogP contribution in [0.25, 0.3) is 0 Å². The van der Waals surface area contributed by atoms with E-state index in [1.807, 2.05) is 24.3 Å². The second kappa shape index (κ2) is 11.0. The van der Waals surface area contributed by atoms with Gasteiger partial charge in [-0.25, -0.2) is 4.99 Å². The van der Waals surface area contributed by atoms with Gasteiger partial charge in [-0.2, -0.15) is 4.99 Å². The van der Waals surface area contributed by atoms with Crippen molar-refractivity contribution in [2.45, 2.75) is 25.8 Å². The van der Waals surface area contributed by atoms with E-state index < -0.39 is 0 Å². The summed E-state index contributed by atoms with van der Waals surface area (Å²) in [4.78, 5) is 10.5. The molecule has 0 atom stereocenters. The van der Waals surface area contributed by atoms with Gasteiger partial charge in [0.15, 0.2) is 5.96 Å². The highest BCUT2D eigenvalue weighted by atomic mass is 35.5. The molecule has 23 heavy (non-hydrogen) atoms. The van der Waals surface area contributed by atoms with Crippen LogP contribution in [0.3, 0.4) is 0 Å². The minimum Gasteiger partial charge on any atom is -0.497 e. The summed E-state index contributed by atoms with van der Waals surface area (Å²) in [5.74, 6) is 1.50. The third kappa shape index (κ3) is 6.97. The number of ether oxygens (including phenoxy) is 1. The Morgan fingerprint density at radius 3 is 2.26 bits per heavy atom. The Hall–Kier alpha value is -1.66. The molecule has 1 heterocycles. The van der Waals surface area contributed by atoms with Gasteiger partial charge in [-0.15, -0.1) is 24.8 Å². The fourth-order valence-electron chi connectivity index (χ4n) is 2.25. The molecule has 0 aliphatic carbocycles. The lowest BCUT2D eigenvalue weighted by molar-refractivity contribution is 0.339. The maximum atomic E-state index is 5.95. The molecule has 4 N–H and O–H groups in total. The van der Waals surface area contributed by atoms with Crippen molar-refractivity contribution in [1.29, 1.82) is 0 Å². The fourth-order valence-corrected chi connectivity index (χ4v) is 2.25. The number of likely N-dealkylation sites (tertiary alicyclic amines) is 1. The normalized spacial score (nSPS) is 15.4. The van der Waals surface area contributed by atoms with Gasteiger partial charge < -0.3 is 21.1 Å². The van der Waals surface area contributed by atoms with Gasteiger partial charge in [-0.3, -0.25) is 0 Å². The topological polar surface area (TPSA) is 89.2 Å². The largest absolute Gasteiger partial charge is 0.497 e. The first-order valence-electron chi connectivity index (χ1n) is 7.21. The summed E-state index contributed by atoms with van der Waals surface area (Å²) in [5, 5.41) is 0. The Morgan fingerprint density at radius 2 is 1.70 bits per heavy atom. The van der Waals surface area contributed by atoms with E-state index in [1.54, 1.807) is 7.11 Å². The van der Waals surface area contributed by atoms with Gasteiger partial charge >= 0.3 is 0 Å². The minimum atomic E-state index is 0. The van der Waals surface area contributed by atoms with E-state index in [4.69, 9.17) is 16.2 Å². The summed E-state index contributed by atoms with van der Waals surface area (Å²) in [6.45, 7) is 2.37. The van der Waals surface area contributed by atoms with E-state index in [2.05, 4.69) is 14.9 Å². The number of hydrogen-bond donors (Lipinski definition) is 2. The van der Waals surface area contributed by atoms with E-state index >= 15 is 0 Å². The lowest BCUT2D eigenvalue weighted by atomic mass is 10.1. The van der Waals surface area contributed by atoms with Crippen LogP contribution in [0.2, 0.25) is 0 Å². The van der Waals surface area contributed by atoms with E-state index in [0.29, 0.717) is 12.5 Å². The summed E-state index contributed by atoms with van der Waals surface area (Å²) in [5.41, 5.74) is 12.8. The van der Waals surface area contributed by atoms with Gasteiger partial charge in [0.25, 0.3) is 0 Å². The zero-order valence-corrected chi connectivity index (χ0v) is 14.9. The van der Waals surface area contributed by atoms with Gasteiger partial charge in [0.1, 0.15) is 5.75 Å². The molecule has 1 aromatic carbocycles. The van der Waals surface area contributed by atoms with Crippen molar-refractivity contribution in [3.05, 3.63) is 29.8 Å². The number of halogens is 2. The van der Waals surface area contributed by atoms with Crippen molar-refractivity contribution in [3.63, 3.8) is 0 Å². The summed E-state index contributed by atoms with van der Waals surface area (Å²) >= 11 is 0. The molecule has 0 radical (unpaired) electrons. The Balaban J connectivity index is 0.00000242. The summed E-state index contributed by atoms with van der Waals surface area (Å²) in [7, 11) is 1.64. The molecule has 1 saturated heterocycles. The number of hydrogen-bond acceptors (Lipinski definition) is 2. The van der Waals surface area contributed by atoms with Crippen LogP contribution in [-0.2, 0) is 6.54 Å². The van der Waals surface area contributed by atoms with Crippen molar-refractivity contribution in [2.75, 3.05) is 20.2 Å². The lowest BCUT2D eigenvalue weighted by Crippen LogP contribution is -2.41. The molecule has 1 aromatic rings. The molecule has 8 heteroatoms. The average molecular weight is 362 g/mol. The molecule has 0 amide bonds.